The molecule has 1 heterocycles. The normalized spacial score (nSPS) is 15.1. The Morgan fingerprint density at radius 2 is 1.76 bits per heavy atom. The molecule has 2 aromatic rings. The molecule has 0 aromatic heterocycles. The fourth-order valence-corrected chi connectivity index (χ4v) is 3.70. The average Bonchev–Trinajstić information content (AvgIpc) is 2.75. The number of nitrogens with one attached hydrogen (secondary N) is 1. The number of halogens is 1. The summed E-state index contributed by atoms with van der Waals surface area (Å²) in [5.74, 6) is 0.510. The second-order valence-electron chi connectivity index (χ2n) is 7.31. The monoisotopic (exact) mass is 399 g/mol. The van der Waals surface area contributed by atoms with Crippen molar-refractivity contribution in [2.24, 2.45) is 0 Å². The van der Waals surface area contributed by atoms with E-state index in [1.165, 1.54) is 12.1 Å². The molecule has 5 nitrogen and oxygen atoms in total. The van der Waals surface area contributed by atoms with E-state index in [0.29, 0.717) is 13.2 Å². The summed E-state index contributed by atoms with van der Waals surface area (Å²) in [6.45, 7) is 8.16. The van der Waals surface area contributed by atoms with Crippen LogP contribution < -0.4 is 10.1 Å². The van der Waals surface area contributed by atoms with Crippen molar-refractivity contribution in [1.29, 1.82) is 0 Å². The van der Waals surface area contributed by atoms with Gasteiger partial charge in [-0.3, -0.25) is 0 Å². The highest BCUT2D eigenvalue weighted by atomic mass is 19.1. The van der Waals surface area contributed by atoms with E-state index < -0.39 is 0 Å². The maximum Gasteiger partial charge on any atom is 0.322 e. The SMILES string of the molecule is CCOc1ccc(NC(=O)N(Cc2ccc(F)cc2)C2CCN(CC)CC2)cc1. The molecule has 6 heteroatoms. The molecule has 0 saturated carbocycles. The molecule has 0 unspecified atom stereocenters. The molecule has 2 amide bonds. The van der Waals surface area contributed by atoms with Crippen molar-refractivity contribution < 1.29 is 13.9 Å². The number of anilines is 1. The minimum atomic E-state index is -0.268. The van der Waals surface area contributed by atoms with Crippen LogP contribution in [0.5, 0.6) is 5.75 Å². The van der Waals surface area contributed by atoms with Crippen LogP contribution in [0.2, 0.25) is 0 Å². The Balaban J connectivity index is 1.72. The largest absolute Gasteiger partial charge is 0.494 e. The van der Waals surface area contributed by atoms with Crippen LogP contribution in [0.25, 0.3) is 0 Å². The molecule has 2 aromatic carbocycles. The van der Waals surface area contributed by atoms with Gasteiger partial charge >= 0.3 is 6.03 Å². The number of piperidine rings is 1. The zero-order chi connectivity index (χ0) is 20.6. The van der Waals surface area contributed by atoms with Gasteiger partial charge in [-0.2, -0.15) is 0 Å². The smallest absolute Gasteiger partial charge is 0.322 e. The summed E-state index contributed by atoms with van der Waals surface area (Å²) in [6, 6.07) is 13.8. The fraction of sp³-hybridized carbons (Fsp3) is 0.435. The number of carbonyl (C=O) groups is 1. The van der Waals surface area contributed by atoms with Crippen LogP contribution in [0.3, 0.4) is 0 Å². The second-order valence-corrected chi connectivity index (χ2v) is 7.31. The van der Waals surface area contributed by atoms with Crippen molar-refractivity contribution in [2.45, 2.75) is 39.3 Å². The summed E-state index contributed by atoms with van der Waals surface area (Å²) in [6.07, 6.45) is 1.87. The summed E-state index contributed by atoms with van der Waals surface area (Å²) in [5, 5.41) is 3.01. The minimum Gasteiger partial charge on any atom is -0.494 e. The molecule has 156 valence electrons. The minimum absolute atomic E-state index is 0.131. The van der Waals surface area contributed by atoms with Crippen molar-refractivity contribution >= 4 is 11.7 Å². The molecule has 1 N–H and O–H groups in total. The molecule has 3 rings (SSSR count). The molecule has 1 saturated heterocycles. The highest BCUT2D eigenvalue weighted by Crippen LogP contribution is 2.22. The Hall–Kier alpha value is -2.60. The molecule has 1 aliphatic rings. The van der Waals surface area contributed by atoms with E-state index in [-0.39, 0.29) is 17.9 Å². The lowest BCUT2D eigenvalue weighted by Gasteiger charge is -2.38. The van der Waals surface area contributed by atoms with E-state index in [9.17, 15) is 9.18 Å². The van der Waals surface area contributed by atoms with Gasteiger partial charge < -0.3 is 19.9 Å². The van der Waals surface area contributed by atoms with E-state index in [0.717, 1.165) is 49.5 Å². The topological polar surface area (TPSA) is 44.8 Å². The van der Waals surface area contributed by atoms with Crippen molar-refractivity contribution in [3.8, 4) is 5.75 Å². The Morgan fingerprint density at radius 3 is 2.34 bits per heavy atom. The predicted octanol–water partition coefficient (Wildman–Crippen LogP) is 4.74. The number of benzene rings is 2. The molecular weight excluding hydrogens is 369 g/mol. The molecule has 0 radical (unpaired) electrons. The second kappa shape index (κ2) is 10.3. The third-order valence-corrected chi connectivity index (χ3v) is 5.39. The van der Waals surface area contributed by atoms with Gasteiger partial charge in [-0.05, 0) is 68.3 Å². The van der Waals surface area contributed by atoms with Crippen molar-refractivity contribution in [1.82, 2.24) is 9.80 Å². The fourth-order valence-electron chi connectivity index (χ4n) is 3.70. The van der Waals surface area contributed by atoms with Gasteiger partial charge in [0.15, 0.2) is 0 Å². The Bertz CT molecular complexity index is 772. The van der Waals surface area contributed by atoms with Crippen LogP contribution in [-0.2, 0) is 6.54 Å². The van der Waals surface area contributed by atoms with Crippen LogP contribution in [0.1, 0.15) is 32.3 Å². The lowest BCUT2D eigenvalue weighted by atomic mass is 10.0. The number of likely N-dealkylation sites (tertiary alicyclic amines) is 1. The zero-order valence-corrected chi connectivity index (χ0v) is 17.2. The Morgan fingerprint density at radius 1 is 1.10 bits per heavy atom. The van der Waals surface area contributed by atoms with Gasteiger partial charge in [0, 0.05) is 31.4 Å². The molecule has 1 aliphatic heterocycles. The maximum absolute atomic E-state index is 13.3. The van der Waals surface area contributed by atoms with E-state index >= 15 is 0 Å². The molecule has 0 bridgehead atoms. The number of urea groups is 1. The Labute approximate surface area is 172 Å². The van der Waals surface area contributed by atoms with Gasteiger partial charge in [0.2, 0.25) is 0 Å². The van der Waals surface area contributed by atoms with Gasteiger partial charge in [0.1, 0.15) is 11.6 Å². The van der Waals surface area contributed by atoms with Crippen molar-refractivity contribution in [2.75, 3.05) is 31.6 Å². The van der Waals surface area contributed by atoms with Crippen LogP contribution in [0, 0.1) is 5.82 Å². The number of carbonyl (C=O) groups excluding carboxylic acids is 1. The standard InChI is InChI=1S/C23H30FN3O2/c1-3-26-15-13-21(14-16-26)27(17-18-5-7-19(24)8-6-18)23(28)25-20-9-11-22(12-10-20)29-4-2/h5-12,21H,3-4,13-17H2,1-2H3,(H,25,28). The maximum atomic E-state index is 13.3. The predicted molar refractivity (Wildman–Crippen MR) is 114 cm³/mol. The number of rotatable bonds is 7. The number of ether oxygens (including phenoxy) is 1. The van der Waals surface area contributed by atoms with Crippen molar-refractivity contribution in [3.63, 3.8) is 0 Å². The lowest BCUT2D eigenvalue weighted by molar-refractivity contribution is 0.126. The van der Waals surface area contributed by atoms with Crippen molar-refractivity contribution in [3.05, 3.63) is 59.9 Å². The first-order valence-electron chi connectivity index (χ1n) is 10.4. The average molecular weight is 400 g/mol. The van der Waals surface area contributed by atoms with Gasteiger partial charge in [-0.15, -0.1) is 0 Å². The quantitative estimate of drug-likeness (QED) is 0.731. The van der Waals surface area contributed by atoms with Gasteiger partial charge in [0.05, 0.1) is 6.61 Å². The molecule has 1 fully saturated rings. The van der Waals surface area contributed by atoms with Crippen LogP contribution in [-0.4, -0.2) is 48.1 Å². The summed E-state index contributed by atoms with van der Waals surface area (Å²) in [4.78, 5) is 17.4. The first kappa shape index (κ1) is 21.1. The summed E-state index contributed by atoms with van der Waals surface area (Å²) >= 11 is 0. The molecule has 0 spiro atoms. The third-order valence-electron chi connectivity index (χ3n) is 5.39. The van der Waals surface area contributed by atoms with E-state index in [1.807, 2.05) is 36.1 Å². The lowest BCUT2D eigenvalue weighted by Crippen LogP contribution is -2.48. The summed E-state index contributed by atoms with van der Waals surface area (Å²) in [7, 11) is 0. The van der Waals surface area contributed by atoms with Gasteiger partial charge in [-0.1, -0.05) is 19.1 Å². The van der Waals surface area contributed by atoms with Crippen LogP contribution in [0.15, 0.2) is 48.5 Å². The van der Waals surface area contributed by atoms with Crippen LogP contribution in [0.4, 0.5) is 14.9 Å². The summed E-state index contributed by atoms with van der Waals surface area (Å²) in [5.41, 5.74) is 1.65. The summed E-state index contributed by atoms with van der Waals surface area (Å²) < 4.78 is 18.7. The van der Waals surface area contributed by atoms with E-state index in [1.54, 1.807) is 12.1 Å². The first-order valence-corrected chi connectivity index (χ1v) is 10.4. The number of amides is 2. The van der Waals surface area contributed by atoms with E-state index in [2.05, 4.69) is 17.1 Å². The number of nitrogens with zero attached hydrogens (tertiary/aromatic N) is 2. The molecule has 0 aliphatic carbocycles. The molecular formula is C23H30FN3O2. The number of hydrogen-bond acceptors (Lipinski definition) is 3. The highest BCUT2D eigenvalue weighted by Gasteiger charge is 2.27. The van der Waals surface area contributed by atoms with Gasteiger partial charge in [-0.25, -0.2) is 9.18 Å². The zero-order valence-electron chi connectivity index (χ0n) is 17.2. The number of hydrogen-bond donors (Lipinski definition) is 1. The molecule has 29 heavy (non-hydrogen) atoms. The Kier molecular flexibility index (Phi) is 7.47. The van der Waals surface area contributed by atoms with Gasteiger partial charge in [0.25, 0.3) is 0 Å². The van der Waals surface area contributed by atoms with E-state index in [4.69, 9.17) is 4.74 Å². The highest BCUT2D eigenvalue weighted by molar-refractivity contribution is 5.89. The third kappa shape index (κ3) is 5.94. The molecule has 0 atom stereocenters. The first-order chi connectivity index (χ1) is 14.1. The van der Waals surface area contributed by atoms with Crippen LogP contribution >= 0.6 is 0 Å².